The number of aryl methyl sites for hydroxylation is 1. The van der Waals surface area contributed by atoms with Gasteiger partial charge in [-0.05, 0) is 37.5 Å². The molecule has 0 bridgehead atoms. The average molecular weight is 324 g/mol. The Labute approximate surface area is 138 Å². The number of hydrogen-bond acceptors (Lipinski definition) is 6. The zero-order chi connectivity index (χ0) is 16.3. The van der Waals surface area contributed by atoms with Crippen LogP contribution in [0.5, 0.6) is 11.5 Å². The number of ether oxygens (including phenoxy) is 2. The first-order valence-corrected chi connectivity index (χ1v) is 8.06. The number of nitrogens with one attached hydrogen (secondary N) is 1. The number of fused-ring (bicyclic) bond motifs is 2. The first-order valence-electron chi connectivity index (χ1n) is 8.06. The maximum atomic E-state index is 12.6. The highest BCUT2D eigenvalue weighted by Crippen LogP contribution is 2.42. The largest absolute Gasteiger partial charge is 0.454 e. The van der Waals surface area contributed by atoms with Gasteiger partial charge in [-0.1, -0.05) is 6.07 Å². The lowest BCUT2D eigenvalue weighted by molar-refractivity contribution is -0.116. The van der Waals surface area contributed by atoms with Gasteiger partial charge in [0.2, 0.25) is 12.7 Å². The minimum absolute atomic E-state index is 0.171. The quantitative estimate of drug-likeness (QED) is 0.867. The Morgan fingerprint density at radius 2 is 2.12 bits per heavy atom. The van der Waals surface area contributed by atoms with Crippen molar-refractivity contribution in [3.63, 3.8) is 0 Å². The topological polar surface area (TPSA) is 78.3 Å². The highest BCUT2D eigenvalue weighted by atomic mass is 16.7. The van der Waals surface area contributed by atoms with E-state index in [-0.39, 0.29) is 18.6 Å². The summed E-state index contributed by atoms with van der Waals surface area (Å²) in [5.74, 6) is 2.96. The Morgan fingerprint density at radius 3 is 3.04 bits per heavy atom. The van der Waals surface area contributed by atoms with Crippen LogP contribution in [0.3, 0.4) is 0 Å². The van der Waals surface area contributed by atoms with E-state index in [9.17, 15) is 4.79 Å². The Morgan fingerprint density at radius 1 is 1.25 bits per heavy atom. The number of Topliss-reactive ketones (excluding diaryl/α,β-unsaturated/α-hetero) is 1. The summed E-state index contributed by atoms with van der Waals surface area (Å²) in [5.41, 5.74) is 2.71. The van der Waals surface area contributed by atoms with Crippen molar-refractivity contribution >= 4 is 11.7 Å². The number of nitrogens with zero attached hydrogens (tertiary/aromatic N) is 3. The van der Waals surface area contributed by atoms with Crippen LogP contribution in [0, 0.1) is 6.92 Å². The van der Waals surface area contributed by atoms with Gasteiger partial charge in [-0.15, -0.1) is 0 Å². The minimum Gasteiger partial charge on any atom is -0.454 e. The molecule has 7 nitrogen and oxygen atoms in total. The van der Waals surface area contributed by atoms with E-state index in [1.54, 1.807) is 4.68 Å². The molecule has 1 atom stereocenters. The van der Waals surface area contributed by atoms with Crippen LogP contribution in [0.15, 0.2) is 29.5 Å². The normalized spacial score (nSPS) is 21.4. The molecule has 0 fully saturated rings. The van der Waals surface area contributed by atoms with E-state index in [0.717, 1.165) is 35.4 Å². The predicted octanol–water partition coefficient (Wildman–Crippen LogP) is 2.34. The maximum absolute atomic E-state index is 12.6. The van der Waals surface area contributed by atoms with Gasteiger partial charge < -0.3 is 14.8 Å². The molecular weight excluding hydrogens is 308 g/mol. The van der Waals surface area contributed by atoms with E-state index in [1.165, 1.54) is 0 Å². The summed E-state index contributed by atoms with van der Waals surface area (Å²) < 4.78 is 12.7. The lowest BCUT2D eigenvalue weighted by Gasteiger charge is -2.32. The van der Waals surface area contributed by atoms with Gasteiger partial charge in [-0.3, -0.25) is 4.79 Å². The average Bonchev–Trinajstić information content (AvgIpc) is 3.17. The number of anilines is 1. The number of ketones is 1. The molecule has 1 unspecified atom stereocenters. The lowest BCUT2D eigenvalue weighted by atomic mass is 9.85. The smallest absolute Gasteiger partial charge is 0.231 e. The van der Waals surface area contributed by atoms with Crippen molar-refractivity contribution in [2.75, 3.05) is 12.1 Å². The third kappa shape index (κ3) is 1.87. The monoisotopic (exact) mass is 324 g/mol. The minimum atomic E-state index is -0.278. The van der Waals surface area contributed by atoms with Crippen LogP contribution in [-0.4, -0.2) is 27.3 Å². The number of hydrogen-bond donors (Lipinski definition) is 1. The number of carbonyl (C=O) groups excluding carboxylic acids is 1. The molecule has 2 aliphatic heterocycles. The summed E-state index contributed by atoms with van der Waals surface area (Å²) in [6, 6.07) is 5.51. The summed E-state index contributed by atoms with van der Waals surface area (Å²) in [4.78, 5) is 17.1. The molecule has 7 heteroatoms. The summed E-state index contributed by atoms with van der Waals surface area (Å²) in [5, 5.41) is 7.81. The standard InChI is InChI=1S/C17H16N4O3/c1-9-18-17-19-11-3-2-4-12(22)15(11)16(21(17)20-9)10-5-6-13-14(7-10)24-8-23-13/h5-7,16H,2-4,8H2,1H3,(H,18,19,20). The second-order valence-electron chi connectivity index (χ2n) is 6.24. The molecule has 0 spiro atoms. The van der Waals surface area contributed by atoms with Gasteiger partial charge in [0.05, 0.1) is 0 Å². The zero-order valence-corrected chi connectivity index (χ0v) is 13.2. The van der Waals surface area contributed by atoms with Crippen LogP contribution < -0.4 is 14.8 Å². The molecule has 122 valence electrons. The van der Waals surface area contributed by atoms with Gasteiger partial charge in [0.15, 0.2) is 17.3 Å². The van der Waals surface area contributed by atoms with Gasteiger partial charge >= 0.3 is 0 Å². The van der Waals surface area contributed by atoms with Crippen LogP contribution in [0.1, 0.15) is 36.7 Å². The van der Waals surface area contributed by atoms with Gasteiger partial charge in [0.1, 0.15) is 11.9 Å². The number of aromatic nitrogens is 3. The van der Waals surface area contributed by atoms with Crippen LogP contribution in [0.25, 0.3) is 0 Å². The Balaban J connectivity index is 1.71. The Kier molecular flexibility index (Phi) is 2.74. The van der Waals surface area contributed by atoms with E-state index < -0.39 is 0 Å². The molecule has 1 aliphatic carbocycles. The SMILES string of the molecule is Cc1nc2n(n1)C(c1ccc3c(c1)OCO3)C1=C(CCCC1=O)N2. The van der Waals surface area contributed by atoms with Crippen molar-refractivity contribution in [3.05, 3.63) is 40.9 Å². The fourth-order valence-electron chi connectivity index (χ4n) is 3.65. The predicted molar refractivity (Wildman–Crippen MR) is 85.0 cm³/mol. The third-order valence-electron chi connectivity index (χ3n) is 4.69. The van der Waals surface area contributed by atoms with Crippen molar-refractivity contribution in [2.45, 2.75) is 32.2 Å². The van der Waals surface area contributed by atoms with E-state index in [4.69, 9.17) is 9.47 Å². The summed E-state index contributed by atoms with van der Waals surface area (Å²) in [7, 11) is 0. The van der Waals surface area contributed by atoms with Crippen molar-refractivity contribution < 1.29 is 14.3 Å². The van der Waals surface area contributed by atoms with Crippen LogP contribution in [-0.2, 0) is 4.79 Å². The van der Waals surface area contributed by atoms with Crippen LogP contribution in [0.2, 0.25) is 0 Å². The molecule has 2 aromatic rings. The first kappa shape index (κ1) is 13.6. The summed E-state index contributed by atoms with van der Waals surface area (Å²) in [6.45, 7) is 2.08. The van der Waals surface area contributed by atoms with E-state index >= 15 is 0 Å². The molecule has 0 saturated heterocycles. The Hall–Kier alpha value is -2.83. The maximum Gasteiger partial charge on any atom is 0.231 e. The third-order valence-corrected chi connectivity index (χ3v) is 4.69. The van der Waals surface area contributed by atoms with E-state index in [0.29, 0.717) is 23.9 Å². The molecule has 0 amide bonds. The summed E-state index contributed by atoms with van der Waals surface area (Å²) >= 11 is 0. The van der Waals surface area contributed by atoms with Crippen LogP contribution in [0.4, 0.5) is 5.95 Å². The molecule has 3 aliphatic rings. The molecule has 0 saturated carbocycles. The van der Waals surface area contributed by atoms with Gasteiger partial charge in [-0.25, -0.2) is 4.68 Å². The molecular formula is C17H16N4O3. The fraction of sp³-hybridized carbons (Fsp3) is 0.353. The van der Waals surface area contributed by atoms with Gasteiger partial charge in [-0.2, -0.15) is 10.1 Å². The molecule has 5 rings (SSSR count). The summed E-state index contributed by atoms with van der Waals surface area (Å²) in [6.07, 6.45) is 2.30. The van der Waals surface area contributed by atoms with Gasteiger partial charge in [0, 0.05) is 17.7 Å². The first-order chi connectivity index (χ1) is 11.7. The number of allylic oxidation sites excluding steroid dienone is 2. The molecule has 0 radical (unpaired) electrons. The Bertz CT molecular complexity index is 899. The van der Waals surface area contributed by atoms with Crippen molar-refractivity contribution in [2.24, 2.45) is 0 Å². The molecule has 1 aromatic carbocycles. The highest BCUT2D eigenvalue weighted by Gasteiger charge is 2.37. The van der Waals surface area contributed by atoms with Crippen LogP contribution >= 0.6 is 0 Å². The van der Waals surface area contributed by atoms with Gasteiger partial charge in [0.25, 0.3) is 0 Å². The van der Waals surface area contributed by atoms with Crippen molar-refractivity contribution in [1.29, 1.82) is 0 Å². The second kappa shape index (κ2) is 4.83. The van der Waals surface area contributed by atoms with E-state index in [2.05, 4.69) is 15.4 Å². The number of rotatable bonds is 1. The van der Waals surface area contributed by atoms with Crippen molar-refractivity contribution in [1.82, 2.24) is 14.8 Å². The number of carbonyl (C=O) groups is 1. The second-order valence-corrected chi connectivity index (χ2v) is 6.24. The highest BCUT2D eigenvalue weighted by molar-refractivity contribution is 5.99. The molecule has 3 heterocycles. The number of benzene rings is 1. The fourth-order valence-corrected chi connectivity index (χ4v) is 3.65. The lowest BCUT2D eigenvalue weighted by Crippen LogP contribution is -2.31. The van der Waals surface area contributed by atoms with Crippen molar-refractivity contribution in [3.8, 4) is 11.5 Å². The molecule has 24 heavy (non-hydrogen) atoms. The molecule has 1 N–H and O–H groups in total. The zero-order valence-electron chi connectivity index (χ0n) is 13.2. The molecule has 1 aromatic heterocycles. The van der Waals surface area contributed by atoms with E-state index in [1.807, 2.05) is 25.1 Å².